The number of esters is 1. The molecule has 0 unspecified atom stereocenters. The molecule has 1 aromatic heterocycles. The lowest BCUT2D eigenvalue weighted by molar-refractivity contribution is -0.142. The van der Waals surface area contributed by atoms with E-state index in [0.717, 1.165) is 41.9 Å². The fraction of sp³-hybridized carbons (Fsp3) is 0.379. The van der Waals surface area contributed by atoms with E-state index in [1.807, 2.05) is 49.4 Å². The third kappa shape index (κ3) is 7.26. The number of carbonyl (C=O) groups is 3. The number of rotatable bonds is 9. The molecule has 2 aromatic carbocycles. The first-order valence-electron chi connectivity index (χ1n) is 12.7. The number of hydrogen-bond acceptors (Lipinski definition) is 6. The molecule has 4 rings (SSSR count). The number of benzene rings is 2. The molecule has 7 nitrogen and oxygen atoms in total. The van der Waals surface area contributed by atoms with Gasteiger partial charge in [-0.1, -0.05) is 42.5 Å². The van der Waals surface area contributed by atoms with Gasteiger partial charge in [0.2, 0.25) is 5.91 Å². The molecule has 194 valence electrons. The molecule has 2 N–H and O–H groups in total. The highest BCUT2D eigenvalue weighted by Crippen LogP contribution is 2.37. The van der Waals surface area contributed by atoms with E-state index in [9.17, 15) is 14.4 Å². The van der Waals surface area contributed by atoms with Gasteiger partial charge < -0.3 is 15.4 Å². The third-order valence-electron chi connectivity index (χ3n) is 6.86. The zero-order chi connectivity index (χ0) is 26.2. The second kappa shape index (κ2) is 12.6. The lowest BCUT2D eigenvalue weighted by atomic mass is 9.77. The van der Waals surface area contributed by atoms with Crippen LogP contribution in [0.3, 0.4) is 0 Å². The number of hydrogen-bond donors (Lipinski definition) is 2. The summed E-state index contributed by atoms with van der Waals surface area (Å²) in [6.45, 7) is 2.07. The van der Waals surface area contributed by atoms with Crippen LogP contribution in [-0.4, -0.2) is 36.4 Å². The summed E-state index contributed by atoms with van der Waals surface area (Å²) in [6, 6.07) is 17.8. The zero-order valence-corrected chi connectivity index (χ0v) is 22.1. The second-order valence-corrected chi connectivity index (χ2v) is 10.5. The van der Waals surface area contributed by atoms with E-state index in [0.29, 0.717) is 28.8 Å². The molecule has 0 aliphatic heterocycles. The number of methoxy groups -OCH3 is 1. The van der Waals surface area contributed by atoms with E-state index >= 15 is 0 Å². The van der Waals surface area contributed by atoms with Crippen LogP contribution in [0, 0.1) is 12.8 Å². The molecule has 8 heteroatoms. The van der Waals surface area contributed by atoms with Gasteiger partial charge in [0.15, 0.2) is 0 Å². The molecular weight excluding hydrogens is 486 g/mol. The molecule has 0 spiro atoms. The summed E-state index contributed by atoms with van der Waals surface area (Å²) >= 11 is 1.35. The fourth-order valence-corrected chi connectivity index (χ4v) is 5.75. The normalized spacial score (nSPS) is 17.1. The Bertz CT molecular complexity index is 1220. The first kappa shape index (κ1) is 26.5. The average molecular weight is 520 g/mol. The van der Waals surface area contributed by atoms with Crippen LogP contribution in [0.15, 0.2) is 54.6 Å². The van der Waals surface area contributed by atoms with Crippen LogP contribution in [0.2, 0.25) is 0 Å². The SMILES string of the molecule is COC(=O)CC1CCC(c2ccc(NC(=O)CCNC(=O)c3sc(-c4ccccc4)nc3C)cc2)CC1. The average Bonchev–Trinajstić information content (AvgIpc) is 3.31. The number of nitrogens with zero attached hydrogens (tertiary/aromatic N) is 1. The Hall–Kier alpha value is -3.52. The Morgan fingerprint density at radius 3 is 2.38 bits per heavy atom. The first-order chi connectivity index (χ1) is 17.9. The van der Waals surface area contributed by atoms with E-state index in [2.05, 4.69) is 27.8 Å². The van der Waals surface area contributed by atoms with Crippen molar-refractivity contribution in [2.45, 2.75) is 51.4 Å². The van der Waals surface area contributed by atoms with E-state index in [-0.39, 0.29) is 30.7 Å². The molecule has 2 amide bonds. The number of carbonyl (C=O) groups excluding carboxylic acids is 3. The van der Waals surface area contributed by atoms with Gasteiger partial charge in [-0.3, -0.25) is 14.4 Å². The van der Waals surface area contributed by atoms with Crippen LogP contribution in [0.25, 0.3) is 10.6 Å². The molecule has 37 heavy (non-hydrogen) atoms. The van der Waals surface area contributed by atoms with Gasteiger partial charge in [0.25, 0.3) is 5.91 Å². The van der Waals surface area contributed by atoms with E-state index in [1.54, 1.807) is 0 Å². The standard InChI is InChI=1S/C29H33N3O4S/c1-19-27(37-29(31-19)23-6-4-3-5-7-23)28(35)30-17-16-25(33)32-24-14-12-22(13-15-24)21-10-8-20(9-11-21)18-26(34)36-2/h3-7,12-15,20-21H,8-11,16-18H2,1-2H3,(H,30,35)(H,32,33). The van der Waals surface area contributed by atoms with Crippen molar-refractivity contribution in [1.82, 2.24) is 10.3 Å². The van der Waals surface area contributed by atoms with Crippen molar-refractivity contribution >= 4 is 34.8 Å². The maximum Gasteiger partial charge on any atom is 0.305 e. The summed E-state index contributed by atoms with van der Waals surface area (Å²) in [5.74, 6) is 0.400. The minimum absolute atomic E-state index is 0.126. The van der Waals surface area contributed by atoms with Crippen molar-refractivity contribution in [2.75, 3.05) is 19.0 Å². The second-order valence-electron chi connectivity index (χ2n) is 9.47. The molecule has 1 aliphatic rings. The molecule has 1 fully saturated rings. The number of amides is 2. The van der Waals surface area contributed by atoms with Crippen molar-refractivity contribution in [3.05, 3.63) is 70.7 Å². The molecule has 0 saturated heterocycles. The van der Waals surface area contributed by atoms with Crippen LogP contribution in [0.1, 0.15) is 65.4 Å². The maximum absolute atomic E-state index is 12.6. The van der Waals surface area contributed by atoms with E-state index in [4.69, 9.17) is 4.74 Å². The Balaban J connectivity index is 1.20. The predicted octanol–water partition coefficient (Wildman–Crippen LogP) is 5.71. The first-order valence-corrected chi connectivity index (χ1v) is 13.5. The largest absolute Gasteiger partial charge is 0.469 e. The number of thiazole rings is 1. The summed E-state index contributed by atoms with van der Waals surface area (Å²) in [4.78, 5) is 41.6. The number of nitrogens with one attached hydrogen (secondary N) is 2. The lowest BCUT2D eigenvalue weighted by Crippen LogP contribution is -2.27. The molecule has 0 bridgehead atoms. The van der Waals surface area contributed by atoms with Crippen molar-refractivity contribution in [3.8, 4) is 10.6 Å². The topological polar surface area (TPSA) is 97.4 Å². The molecule has 1 saturated carbocycles. The van der Waals surface area contributed by atoms with Crippen LogP contribution < -0.4 is 10.6 Å². The van der Waals surface area contributed by atoms with Gasteiger partial charge in [-0.15, -0.1) is 11.3 Å². The Morgan fingerprint density at radius 1 is 1.00 bits per heavy atom. The van der Waals surface area contributed by atoms with Crippen LogP contribution in [-0.2, 0) is 14.3 Å². The number of aryl methyl sites for hydroxylation is 1. The summed E-state index contributed by atoms with van der Waals surface area (Å²) in [5.41, 5.74) is 3.66. The van der Waals surface area contributed by atoms with Gasteiger partial charge in [-0.25, -0.2) is 4.98 Å². The number of ether oxygens (including phenoxy) is 1. The summed E-state index contributed by atoms with van der Waals surface area (Å²) in [7, 11) is 1.44. The Kier molecular flexibility index (Phi) is 9.06. The minimum atomic E-state index is -0.212. The van der Waals surface area contributed by atoms with Gasteiger partial charge in [0.05, 0.1) is 12.8 Å². The molecular formula is C29H33N3O4S. The monoisotopic (exact) mass is 519 g/mol. The molecule has 0 atom stereocenters. The van der Waals surface area contributed by atoms with Crippen LogP contribution in [0.5, 0.6) is 0 Å². The Morgan fingerprint density at radius 2 is 1.70 bits per heavy atom. The van der Waals surface area contributed by atoms with Crippen LogP contribution in [0.4, 0.5) is 5.69 Å². The molecule has 3 aromatic rings. The van der Waals surface area contributed by atoms with Crippen LogP contribution >= 0.6 is 11.3 Å². The maximum atomic E-state index is 12.6. The molecule has 1 aliphatic carbocycles. The Labute approximate surface area is 221 Å². The summed E-state index contributed by atoms with van der Waals surface area (Å²) in [6.07, 6.45) is 4.85. The molecule has 0 radical (unpaired) electrons. The van der Waals surface area contributed by atoms with Crippen molar-refractivity contribution in [1.29, 1.82) is 0 Å². The van der Waals surface area contributed by atoms with Crippen molar-refractivity contribution in [3.63, 3.8) is 0 Å². The summed E-state index contributed by atoms with van der Waals surface area (Å²) in [5, 5.41) is 6.54. The van der Waals surface area contributed by atoms with E-state index < -0.39 is 0 Å². The highest BCUT2D eigenvalue weighted by Gasteiger charge is 2.24. The predicted molar refractivity (Wildman–Crippen MR) is 146 cm³/mol. The van der Waals surface area contributed by atoms with Gasteiger partial charge in [-0.2, -0.15) is 0 Å². The number of anilines is 1. The minimum Gasteiger partial charge on any atom is -0.469 e. The number of aromatic nitrogens is 1. The summed E-state index contributed by atoms with van der Waals surface area (Å²) < 4.78 is 4.79. The van der Waals surface area contributed by atoms with Crippen molar-refractivity contribution < 1.29 is 19.1 Å². The molecule has 1 heterocycles. The van der Waals surface area contributed by atoms with E-state index in [1.165, 1.54) is 24.0 Å². The third-order valence-corrected chi connectivity index (χ3v) is 8.06. The van der Waals surface area contributed by atoms with Gasteiger partial charge in [-0.05, 0) is 62.1 Å². The van der Waals surface area contributed by atoms with Gasteiger partial charge in [0, 0.05) is 30.6 Å². The smallest absolute Gasteiger partial charge is 0.305 e. The zero-order valence-electron chi connectivity index (χ0n) is 21.3. The lowest BCUT2D eigenvalue weighted by Gasteiger charge is -2.28. The fourth-order valence-electron chi connectivity index (χ4n) is 4.76. The van der Waals surface area contributed by atoms with Gasteiger partial charge in [0.1, 0.15) is 9.88 Å². The van der Waals surface area contributed by atoms with Crippen molar-refractivity contribution in [2.24, 2.45) is 5.92 Å². The highest BCUT2D eigenvalue weighted by molar-refractivity contribution is 7.17. The van der Waals surface area contributed by atoms with Gasteiger partial charge >= 0.3 is 5.97 Å². The highest BCUT2D eigenvalue weighted by atomic mass is 32.1. The quantitative estimate of drug-likeness (QED) is 0.353.